The Labute approximate surface area is 173 Å². The van der Waals surface area contributed by atoms with E-state index >= 15 is 0 Å². The van der Waals surface area contributed by atoms with Crippen LogP contribution in [0.1, 0.15) is 30.9 Å². The average Bonchev–Trinajstić information content (AvgIpc) is 3.36. The van der Waals surface area contributed by atoms with E-state index in [9.17, 15) is 9.18 Å². The van der Waals surface area contributed by atoms with E-state index in [1.165, 1.54) is 11.3 Å². The van der Waals surface area contributed by atoms with Crippen molar-refractivity contribution in [3.05, 3.63) is 59.0 Å². The number of nitrogens with one attached hydrogen (secondary N) is 2. The SMILES string of the molecule is CC(C)(Cc1nc(-c2nccs2)c(Cc2ccccc2)[nH]1)C(=O)NC[C@H](F)CN. The standard InChI is InChI=1S/C21H26FN5OS/c1-21(2,20(28)25-13-15(22)12-23)11-17-26-16(10-14-6-4-3-5-7-14)18(27-17)19-24-8-9-29-19/h3-9,15H,10-13,23H2,1-2H3,(H,25,28)(H,26,27)/t15-/m1/s1. The van der Waals surface area contributed by atoms with Crippen molar-refractivity contribution < 1.29 is 9.18 Å². The van der Waals surface area contributed by atoms with E-state index in [-0.39, 0.29) is 19.0 Å². The number of halogens is 1. The molecule has 1 aromatic carbocycles. The van der Waals surface area contributed by atoms with Crippen LogP contribution in [0.5, 0.6) is 0 Å². The fraction of sp³-hybridized carbons (Fsp3) is 0.381. The molecule has 29 heavy (non-hydrogen) atoms. The zero-order valence-corrected chi connectivity index (χ0v) is 17.4. The summed E-state index contributed by atoms with van der Waals surface area (Å²) < 4.78 is 13.4. The molecule has 0 fully saturated rings. The van der Waals surface area contributed by atoms with Crippen molar-refractivity contribution in [3.8, 4) is 10.7 Å². The largest absolute Gasteiger partial charge is 0.353 e. The molecular formula is C21H26FN5OS. The van der Waals surface area contributed by atoms with Gasteiger partial charge in [-0.3, -0.25) is 4.79 Å². The van der Waals surface area contributed by atoms with Crippen molar-refractivity contribution in [2.75, 3.05) is 13.1 Å². The van der Waals surface area contributed by atoms with Gasteiger partial charge in [0.05, 0.1) is 12.0 Å². The Hall–Kier alpha value is -2.58. The lowest BCUT2D eigenvalue weighted by Gasteiger charge is -2.23. The summed E-state index contributed by atoms with van der Waals surface area (Å²) >= 11 is 1.53. The van der Waals surface area contributed by atoms with Gasteiger partial charge in [0.2, 0.25) is 5.91 Å². The summed E-state index contributed by atoms with van der Waals surface area (Å²) in [5, 5.41) is 5.39. The summed E-state index contributed by atoms with van der Waals surface area (Å²) in [6.07, 6.45) is 1.59. The average molecular weight is 416 g/mol. The highest BCUT2D eigenvalue weighted by molar-refractivity contribution is 7.13. The number of carbonyl (C=O) groups is 1. The summed E-state index contributed by atoms with van der Waals surface area (Å²) in [7, 11) is 0. The van der Waals surface area contributed by atoms with E-state index in [1.54, 1.807) is 6.20 Å². The first-order valence-corrected chi connectivity index (χ1v) is 10.4. The monoisotopic (exact) mass is 415 g/mol. The number of benzene rings is 1. The van der Waals surface area contributed by atoms with Gasteiger partial charge in [0.15, 0.2) is 0 Å². The molecular weight excluding hydrogens is 389 g/mol. The molecule has 3 rings (SSSR count). The number of imidazole rings is 1. The highest BCUT2D eigenvalue weighted by Gasteiger charge is 2.30. The molecule has 2 aromatic heterocycles. The van der Waals surface area contributed by atoms with Crippen molar-refractivity contribution in [3.63, 3.8) is 0 Å². The molecule has 0 aliphatic carbocycles. The third kappa shape index (κ3) is 5.48. The van der Waals surface area contributed by atoms with E-state index in [2.05, 4.69) is 27.4 Å². The molecule has 1 atom stereocenters. The first-order chi connectivity index (χ1) is 13.9. The second kappa shape index (κ2) is 9.28. The molecule has 6 nitrogen and oxygen atoms in total. The molecule has 0 spiro atoms. The number of rotatable bonds is 9. The van der Waals surface area contributed by atoms with Crippen LogP contribution in [-0.2, 0) is 17.6 Å². The number of amides is 1. The van der Waals surface area contributed by atoms with Crippen molar-refractivity contribution in [2.45, 2.75) is 32.9 Å². The van der Waals surface area contributed by atoms with Gasteiger partial charge in [-0.15, -0.1) is 11.3 Å². The minimum Gasteiger partial charge on any atom is -0.353 e. The molecule has 1 amide bonds. The third-order valence-corrected chi connectivity index (χ3v) is 5.43. The first-order valence-electron chi connectivity index (χ1n) is 9.53. The maximum Gasteiger partial charge on any atom is 0.226 e. The van der Waals surface area contributed by atoms with Crippen LogP contribution >= 0.6 is 11.3 Å². The Balaban J connectivity index is 1.80. The molecule has 8 heteroatoms. The number of alkyl halides is 1. The number of thiazole rings is 1. The Morgan fingerprint density at radius 2 is 2.10 bits per heavy atom. The van der Waals surface area contributed by atoms with E-state index in [0.29, 0.717) is 18.7 Å². The van der Waals surface area contributed by atoms with Crippen LogP contribution in [0, 0.1) is 5.41 Å². The predicted octanol–water partition coefficient (Wildman–Crippen LogP) is 3.11. The zero-order valence-electron chi connectivity index (χ0n) is 16.6. The van der Waals surface area contributed by atoms with Crippen LogP contribution in [-0.4, -0.2) is 40.1 Å². The van der Waals surface area contributed by atoms with Crippen LogP contribution in [0.15, 0.2) is 41.9 Å². The number of hydrogen-bond acceptors (Lipinski definition) is 5. The Morgan fingerprint density at radius 1 is 1.34 bits per heavy atom. The van der Waals surface area contributed by atoms with Crippen molar-refractivity contribution in [1.82, 2.24) is 20.3 Å². The Bertz CT molecular complexity index is 924. The molecule has 0 saturated heterocycles. The van der Waals surface area contributed by atoms with E-state index in [4.69, 9.17) is 10.7 Å². The molecule has 4 N–H and O–H groups in total. The summed E-state index contributed by atoms with van der Waals surface area (Å²) in [6.45, 7) is 3.44. The molecule has 0 radical (unpaired) electrons. The minimum atomic E-state index is -1.24. The smallest absolute Gasteiger partial charge is 0.226 e. The number of aromatic nitrogens is 3. The van der Waals surface area contributed by atoms with Gasteiger partial charge < -0.3 is 16.0 Å². The van der Waals surface area contributed by atoms with Crippen LogP contribution in [0.4, 0.5) is 4.39 Å². The molecule has 0 saturated carbocycles. The molecule has 0 aliphatic heterocycles. The lowest BCUT2D eigenvalue weighted by atomic mass is 9.88. The van der Waals surface area contributed by atoms with Gasteiger partial charge in [0.1, 0.15) is 22.7 Å². The summed E-state index contributed by atoms with van der Waals surface area (Å²) in [6, 6.07) is 10.1. The summed E-state index contributed by atoms with van der Waals surface area (Å²) in [5.74, 6) is 0.474. The predicted molar refractivity (Wildman–Crippen MR) is 113 cm³/mol. The normalized spacial score (nSPS) is 12.7. The van der Waals surface area contributed by atoms with Crippen LogP contribution in [0.25, 0.3) is 10.7 Å². The Kier molecular flexibility index (Phi) is 6.76. The molecule has 3 aromatic rings. The fourth-order valence-electron chi connectivity index (χ4n) is 3.02. The number of nitrogens with two attached hydrogens (primary N) is 1. The van der Waals surface area contributed by atoms with Gasteiger partial charge in [-0.05, 0) is 5.56 Å². The Morgan fingerprint density at radius 3 is 2.76 bits per heavy atom. The van der Waals surface area contributed by atoms with Crippen LogP contribution in [0.2, 0.25) is 0 Å². The summed E-state index contributed by atoms with van der Waals surface area (Å²) in [4.78, 5) is 25.1. The number of nitrogens with zero attached hydrogens (tertiary/aromatic N) is 2. The van der Waals surface area contributed by atoms with Gasteiger partial charge in [0, 0.05) is 36.7 Å². The van der Waals surface area contributed by atoms with E-state index in [0.717, 1.165) is 22.0 Å². The second-order valence-electron chi connectivity index (χ2n) is 7.61. The maximum atomic E-state index is 13.4. The molecule has 0 unspecified atom stereocenters. The topological polar surface area (TPSA) is 96.7 Å². The highest BCUT2D eigenvalue weighted by Crippen LogP contribution is 2.28. The first kappa shape index (κ1) is 21.1. The molecule has 0 aliphatic rings. The number of hydrogen-bond donors (Lipinski definition) is 3. The van der Waals surface area contributed by atoms with Gasteiger partial charge >= 0.3 is 0 Å². The third-order valence-electron chi connectivity index (χ3n) is 4.65. The summed E-state index contributed by atoms with van der Waals surface area (Å²) in [5.41, 5.74) is 7.45. The van der Waals surface area contributed by atoms with Crippen molar-refractivity contribution in [2.24, 2.45) is 11.1 Å². The molecule has 154 valence electrons. The highest BCUT2D eigenvalue weighted by atomic mass is 32.1. The molecule has 0 bridgehead atoms. The molecule has 2 heterocycles. The quantitative estimate of drug-likeness (QED) is 0.500. The maximum absolute atomic E-state index is 13.4. The minimum absolute atomic E-state index is 0.0828. The fourth-order valence-corrected chi connectivity index (χ4v) is 3.67. The number of aromatic amines is 1. The van der Waals surface area contributed by atoms with Gasteiger partial charge in [0.25, 0.3) is 0 Å². The van der Waals surface area contributed by atoms with Crippen LogP contribution < -0.4 is 11.1 Å². The van der Waals surface area contributed by atoms with Crippen molar-refractivity contribution in [1.29, 1.82) is 0 Å². The van der Waals surface area contributed by atoms with Crippen LogP contribution in [0.3, 0.4) is 0 Å². The lowest BCUT2D eigenvalue weighted by Crippen LogP contribution is -2.42. The van der Waals surface area contributed by atoms with Crippen molar-refractivity contribution >= 4 is 17.2 Å². The second-order valence-corrected chi connectivity index (χ2v) is 8.51. The van der Waals surface area contributed by atoms with Gasteiger partial charge in [-0.25, -0.2) is 14.4 Å². The zero-order chi connectivity index (χ0) is 20.9. The lowest BCUT2D eigenvalue weighted by molar-refractivity contribution is -0.129. The van der Waals surface area contributed by atoms with E-state index in [1.807, 2.05) is 37.4 Å². The number of carbonyl (C=O) groups excluding carboxylic acids is 1. The number of H-pyrrole nitrogens is 1. The van der Waals surface area contributed by atoms with E-state index < -0.39 is 11.6 Å². The van der Waals surface area contributed by atoms with Gasteiger partial charge in [-0.1, -0.05) is 44.2 Å². The van der Waals surface area contributed by atoms with Gasteiger partial charge in [-0.2, -0.15) is 0 Å².